The van der Waals surface area contributed by atoms with E-state index in [-0.39, 0.29) is 30.9 Å². The number of carbonyl (C=O) groups excluding carboxylic acids is 2. The highest BCUT2D eigenvalue weighted by Gasteiger charge is 2.17. The lowest BCUT2D eigenvalue weighted by molar-refractivity contribution is -0.862. The average Bonchev–Trinajstić information content (AvgIpc) is 2.37. The second-order valence-electron chi connectivity index (χ2n) is 5.97. The van der Waals surface area contributed by atoms with Crippen molar-refractivity contribution in [3.05, 3.63) is 30.1 Å². The van der Waals surface area contributed by atoms with E-state index >= 15 is 0 Å². The van der Waals surface area contributed by atoms with Crippen LogP contribution in [0.4, 0.5) is 10.1 Å². The van der Waals surface area contributed by atoms with Crippen molar-refractivity contribution in [3.8, 4) is 0 Å². The molecule has 0 saturated heterocycles. The molecule has 6 heteroatoms. The van der Waals surface area contributed by atoms with E-state index in [0.717, 1.165) is 4.90 Å². The number of carbonyl (C=O) groups is 2. The largest absolute Gasteiger partial charge is 0.348 e. The second-order valence-corrected chi connectivity index (χ2v) is 5.97. The molecule has 1 unspecified atom stereocenters. The summed E-state index contributed by atoms with van der Waals surface area (Å²) in [6.07, 6.45) is 0. The molecule has 0 aromatic heterocycles. The molecule has 0 heterocycles. The lowest BCUT2D eigenvalue weighted by Gasteiger charge is -2.19. The molecule has 1 rings (SSSR count). The van der Waals surface area contributed by atoms with Crippen LogP contribution in [-0.4, -0.2) is 38.0 Å². The summed E-state index contributed by atoms with van der Waals surface area (Å²) in [5, 5.41) is 5.51. The van der Waals surface area contributed by atoms with E-state index in [9.17, 15) is 14.0 Å². The van der Waals surface area contributed by atoms with Crippen LogP contribution >= 0.6 is 0 Å². The third-order valence-corrected chi connectivity index (χ3v) is 3.42. The van der Waals surface area contributed by atoms with Gasteiger partial charge in [-0.25, -0.2) is 4.39 Å². The van der Waals surface area contributed by atoms with E-state index in [2.05, 4.69) is 10.6 Å². The van der Waals surface area contributed by atoms with Gasteiger partial charge in [-0.05, 0) is 31.0 Å². The third-order valence-electron chi connectivity index (χ3n) is 3.42. The Hall–Kier alpha value is -1.95. The Morgan fingerprint density at radius 3 is 2.41 bits per heavy atom. The minimum Gasteiger partial charge on any atom is -0.348 e. The fourth-order valence-electron chi connectivity index (χ4n) is 1.85. The molecular weight excluding hydrogens is 285 g/mol. The van der Waals surface area contributed by atoms with Crippen molar-refractivity contribution in [1.82, 2.24) is 5.32 Å². The summed E-state index contributed by atoms with van der Waals surface area (Å²) in [7, 11) is 1.77. The number of amides is 2. The summed E-state index contributed by atoms with van der Waals surface area (Å²) in [6, 6.07) is 5.81. The van der Waals surface area contributed by atoms with Gasteiger partial charge in [0.1, 0.15) is 5.82 Å². The molecule has 3 N–H and O–H groups in total. The number of benzene rings is 1. The Morgan fingerprint density at radius 2 is 1.82 bits per heavy atom. The van der Waals surface area contributed by atoms with Gasteiger partial charge in [0.05, 0.1) is 7.05 Å². The average molecular weight is 310 g/mol. The first-order chi connectivity index (χ1) is 10.3. The Morgan fingerprint density at radius 1 is 1.18 bits per heavy atom. The van der Waals surface area contributed by atoms with Crippen molar-refractivity contribution >= 4 is 17.5 Å². The Labute approximate surface area is 130 Å². The standard InChI is InChI=1S/C16H24FN3O2/c1-11(2)12(3)18-15(21)9-20(4)10-16(22)19-14-7-5-6-13(17)8-14/h5-8,11-12H,9-10H2,1-4H3,(H,18,21)(H,19,22)/p+1/t12-/m0/s1. The molecule has 0 aliphatic carbocycles. The minimum atomic E-state index is -0.402. The van der Waals surface area contributed by atoms with Crippen LogP contribution in [0.15, 0.2) is 24.3 Å². The van der Waals surface area contributed by atoms with Gasteiger partial charge in [0.2, 0.25) is 0 Å². The van der Waals surface area contributed by atoms with Crippen molar-refractivity contribution in [1.29, 1.82) is 0 Å². The minimum absolute atomic E-state index is 0.0859. The smallest absolute Gasteiger partial charge is 0.279 e. The zero-order chi connectivity index (χ0) is 16.7. The Balaban J connectivity index is 2.39. The summed E-state index contributed by atoms with van der Waals surface area (Å²) in [6.45, 7) is 6.38. The number of hydrogen-bond donors (Lipinski definition) is 3. The number of likely N-dealkylation sites (N-methyl/N-ethyl adjacent to an activating group) is 1. The SMILES string of the molecule is CC(C)[C@H](C)NC(=O)C[NH+](C)CC(=O)Nc1cccc(F)c1. The summed E-state index contributed by atoms with van der Waals surface area (Å²) in [5.41, 5.74) is 0.413. The number of rotatable bonds is 7. The van der Waals surface area contributed by atoms with E-state index in [1.165, 1.54) is 18.2 Å². The number of anilines is 1. The molecule has 0 saturated carbocycles. The summed E-state index contributed by atoms with van der Waals surface area (Å²) >= 11 is 0. The normalized spacial score (nSPS) is 13.5. The van der Waals surface area contributed by atoms with Crippen molar-refractivity contribution < 1.29 is 18.9 Å². The second kappa shape index (κ2) is 8.48. The van der Waals surface area contributed by atoms with E-state index in [0.29, 0.717) is 11.6 Å². The van der Waals surface area contributed by atoms with Crippen LogP contribution in [0, 0.1) is 11.7 Å². The van der Waals surface area contributed by atoms with E-state index in [4.69, 9.17) is 0 Å². The number of nitrogens with one attached hydrogen (secondary N) is 3. The summed E-state index contributed by atoms with van der Waals surface area (Å²) < 4.78 is 13.0. The lowest BCUT2D eigenvalue weighted by Crippen LogP contribution is -3.11. The third kappa shape index (κ3) is 6.67. The van der Waals surface area contributed by atoms with Crippen LogP contribution in [0.1, 0.15) is 20.8 Å². The first kappa shape index (κ1) is 18.1. The molecule has 0 fully saturated rings. The van der Waals surface area contributed by atoms with Gasteiger partial charge in [0.25, 0.3) is 11.8 Å². The molecule has 22 heavy (non-hydrogen) atoms. The molecule has 2 atom stereocenters. The maximum Gasteiger partial charge on any atom is 0.279 e. The predicted molar refractivity (Wildman–Crippen MR) is 84.1 cm³/mol. The maximum absolute atomic E-state index is 13.0. The van der Waals surface area contributed by atoms with Gasteiger partial charge in [-0.3, -0.25) is 9.59 Å². The number of hydrogen-bond acceptors (Lipinski definition) is 2. The fourth-order valence-corrected chi connectivity index (χ4v) is 1.85. The molecule has 0 bridgehead atoms. The Kier molecular flexibility index (Phi) is 6.98. The van der Waals surface area contributed by atoms with Crippen molar-refractivity contribution in [2.45, 2.75) is 26.8 Å². The van der Waals surface area contributed by atoms with Gasteiger partial charge < -0.3 is 15.5 Å². The highest BCUT2D eigenvalue weighted by Crippen LogP contribution is 2.08. The molecule has 0 spiro atoms. The van der Waals surface area contributed by atoms with Crippen molar-refractivity contribution in [2.75, 3.05) is 25.5 Å². The predicted octanol–water partition coefficient (Wildman–Crippen LogP) is 0.440. The van der Waals surface area contributed by atoms with Gasteiger partial charge in [0.15, 0.2) is 13.1 Å². The van der Waals surface area contributed by atoms with Gasteiger partial charge in [-0.2, -0.15) is 0 Å². The molecule has 2 amide bonds. The van der Waals surface area contributed by atoms with Gasteiger partial charge in [-0.15, -0.1) is 0 Å². The summed E-state index contributed by atoms with van der Waals surface area (Å²) in [4.78, 5) is 24.5. The fraction of sp³-hybridized carbons (Fsp3) is 0.500. The first-order valence-electron chi connectivity index (χ1n) is 7.44. The highest BCUT2D eigenvalue weighted by molar-refractivity contribution is 5.91. The Bertz CT molecular complexity index is 520. The molecular formula is C16H25FN3O2+. The maximum atomic E-state index is 13.0. The van der Waals surface area contributed by atoms with Crippen LogP contribution in [0.25, 0.3) is 0 Å². The number of quaternary nitrogens is 1. The zero-order valence-corrected chi connectivity index (χ0v) is 13.6. The van der Waals surface area contributed by atoms with Crippen molar-refractivity contribution in [2.24, 2.45) is 5.92 Å². The van der Waals surface area contributed by atoms with E-state index < -0.39 is 5.82 Å². The first-order valence-corrected chi connectivity index (χ1v) is 7.44. The van der Waals surface area contributed by atoms with Crippen LogP contribution in [0.3, 0.4) is 0 Å². The molecule has 5 nitrogen and oxygen atoms in total. The van der Waals surface area contributed by atoms with Gasteiger partial charge in [-0.1, -0.05) is 19.9 Å². The van der Waals surface area contributed by atoms with Crippen molar-refractivity contribution in [3.63, 3.8) is 0 Å². The molecule has 1 aromatic carbocycles. The number of halogens is 1. The van der Waals surface area contributed by atoms with Crippen LogP contribution in [0.2, 0.25) is 0 Å². The zero-order valence-electron chi connectivity index (χ0n) is 13.6. The molecule has 0 radical (unpaired) electrons. The summed E-state index contributed by atoms with van der Waals surface area (Å²) in [5.74, 6) is -0.383. The molecule has 0 aliphatic rings. The molecule has 0 aliphatic heterocycles. The van der Waals surface area contributed by atoms with Crippen LogP contribution in [-0.2, 0) is 9.59 Å². The van der Waals surface area contributed by atoms with Gasteiger partial charge >= 0.3 is 0 Å². The van der Waals surface area contributed by atoms with E-state index in [1.807, 2.05) is 20.8 Å². The topological polar surface area (TPSA) is 62.6 Å². The molecule has 122 valence electrons. The van der Waals surface area contributed by atoms with E-state index in [1.54, 1.807) is 13.1 Å². The van der Waals surface area contributed by atoms with Gasteiger partial charge in [0, 0.05) is 11.7 Å². The van der Waals surface area contributed by atoms with Crippen LogP contribution in [0.5, 0.6) is 0 Å². The molecule has 1 aromatic rings. The lowest BCUT2D eigenvalue weighted by atomic mass is 10.1. The quantitative estimate of drug-likeness (QED) is 0.684. The highest BCUT2D eigenvalue weighted by atomic mass is 19.1. The monoisotopic (exact) mass is 310 g/mol. The van der Waals surface area contributed by atoms with Crippen LogP contribution < -0.4 is 15.5 Å².